The number of hydrogen-bond donors (Lipinski definition) is 0. The summed E-state index contributed by atoms with van der Waals surface area (Å²) < 4.78 is 12.4. The molecule has 1 atom stereocenters. The lowest BCUT2D eigenvalue weighted by Crippen LogP contribution is -2.26. The van der Waals surface area contributed by atoms with Crippen LogP contribution in [0.3, 0.4) is 0 Å². The third-order valence-electron chi connectivity index (χ3n) is 1.13. The molecular formula is C5H8FN3. The Kier molecular flexibility index (Phi) is 1.77. The van der Waals surface area contributed by atoms with Gasteiger partial charge in [-0.05, 0) is 6.42 Å². The maximum Gasteiger partial charge on any atom is 0.153 e. The second kappa shape index (κ2) is 2.57. The standard InChI is InChI=1S/C5H8FN3/c1-2-5-8-3-7-4-9(5)6/h3-5H,2H2,1H3. The van der Waals surface area contributed by atoms with Crippen LogP contribution in [-0.4, -0.2) is 24.0 Å². The second-order valence-corrected chi connectivity index (χ2v) is 1.76. The summed E-state index contributed by atoms with van der Waals surface area (Å²) in [6.45, 7) is 1.87. The molecule has 3 nitrogen and oxygen atoms in total. The maximum absolute atomic E-state index is 12.4. The van der Waals surface area contributed by atoms with Gasteiger partial charge in [0.1, 0.15) is 12.7 Å². The van der Waals surface area contributed by atoms with E-state index in [1.165, 1.54) is 6.34 Å². The van der Waals surface area contributed by atoms with Crippen molar-refractivity contribution < 1.29 is 4.48 Å². The van der Waals surface area contributed by atoms with Crippen molar-refractivity contribution in [2.24, 2.45) is 9.98 Å². The molecule has 0 radical (unpaired) electrons. The Labute approximate surface area is 52.8 Å². The summed E-state index contributed by atoms with van der Waals surface area (Å²) in [4.78, 5) is 7.25. The Hall–Kier alpha value is -0.930. The van der Waals surface area contributed by atoms with Crippen LogP contribution in [0, 0.1) is 0 Å². The molecule has 0 N–H and O–H groups in total. The molecule has 0 bridgehead atoms. The highest BCUT2D eigenvalue weighted by molar-refractivity contribution is 5.72. The van der Waals surface area contributed by atoms with E-state index in [1.807, 2.05) is 6.92 Å². The lowest BCUT2D eigenvalue weighted by Gasteiger charge is -2.16. The summed E-state index contributed by atoms with van der Waals surface area (Å²) in [5.41, 5.74) is 0. The van der Waals surface area contributed by atoms with Gasteiger partial charge < -0.3 is 0 Å². The normalized spacial score (nSPS) is 25.1. The minimum Gasteiger partial charge on any atom is -0.246 e. The molecule has 0 aromatic heterocycles. The fourth-order valence-electron chi connectivity index (χ4n) is 0.629. The highest BCUT2D eigenvalue weighted by Gasteiger charge is 2.12. The van der Waals surface area contributed by atoms with Gasteiger partial charge in [0.15, 0.2) is 6.17 Å². The Bertz CT molecular complexity index is 143. The molecule has 1 heterocycles. The highest BCUT2D eigenvalue weighted by atomic mass is 19.2. The first-order valence-corrected chi connectivity index (χ1v) is 2.83. The molecule has 1 aliphatic rings. The van der Waals surface area contributed by atoms with E-state index >= 15 is 0 Å². The average molecular weight is 129 g/mol. The molecule has 1 aliphatic heterocycles. The van der Waals surface area contributed by atoms with Gasteiger partial charge in [-0.3, -0.25) is 0 Å². The van der Waals surface area contributed by atoms with E-state index in [4.69, 9.17) is 0 Å². The summed E-state index contributed by atoms with van der Waals surface area (Å²) >= 11 is 0. The molecule has 0 aromatic rings. The number of aliphatic imine (C=N–C) groups is 2. The maximum atomic E-state index is 12.4. The first kappa shape index (κ1) is 6.19. The van der Waals surface area contributed by atoms with E-state index in [9.17, 15) is 4.48 Å². The van der Waals surface area contributed by atoms with Crippen molar-refractivity contribution in [1.29, 1.82) is 0 Å². The summed E-state index contributed by atoms with van der Waals surface area (Å²) in [6, 6.07) is 0. The lowest BCUT2D eigenvalue weighted by molar-refractivity contribution is 0.0735. The van der Waals surface area contributed by atoms with Gasteiger partial charge in [-0.25, -0.2) is 9.98 Å². The molecule has 0 saturated carbocycles. The Morgan fingerprint density at radius 1 is 1.78 bits per heavy atom. The quantitative estimate of drug-likeness (QED) is 0.485. The fourth-order valence-corrected chi connectivity index (χ4v) is 0.629. The van der Waals surface area contributed by atoms with Gasteiger partial charge >= 0.3 is 0 Å². The van der Waals surface area contributed by atoms with Gasteiger partial charge in [-0.2, -0.15) is 5.12 Å². The van der Waals surface area contributed by atoms with Gasteiger partial charge in [0.05, 0.1) is 0 Å². The van der Waals surface area contributed by atoms with Gasteiger partial charge in [0.2, 0.25) is 0 Å². The van der Waals surface area contributed by atoms with Crippen LogP contribution < -0.4 is 0 Å². The molecule has 0 aromatic carbocycles. The molecule has 4 heteroatoms. The van der Waals surface area contributed by atoms with Crippen LogP contribution in [0.4, 0.5) is 4.48 Å². The topological polar surface area (TPSA) is 28.0 Å². The number of halogens is 1. The first-order chi connectivity index (χ1) is 4.34. The molecule has 0 fully saturated rings. The molecular weight excluding hydrogens is 121 g/mol. The molecule has 9 heavy (non-hydrogen) atoms. The predicted octanol–water partition coefficient (Wildman–Crippen LogP) is 0.979. The van der Waals surface area contributed by atoms with Crippen LogP contribution in [0.15, 0.2) is 9.98 Å². The third kappa shape index (κ3) is 1.25. The summed E-state index contributed by atoms with van der Waals surface area (Å²) in [5.74, 6) is 0. The van der Waals surface area contributed by atoms with Gasteiger partial charge in [0.25, 0.3) is 0 Å². The Morgan fingerprint density at radius 2 is 2.56 bits per heavy atom. The summed E-state index contributed by atoms with van der Waals surface area (Å²) in [7, 11) is 0. The molecule has 0 aliphatic carbocycles. The van der Waals surface area contributed by atoms with Crippen molar-refractivity contribution in [3.05, 3.63) is 0 Å². The summed E-state index contributed by atoms with van der Waals surface area (Å²) in [5, 5.41) is 0.500. The molecule has 1 rings (SSSR count). The van der Waals surface area contributed by atoms with E-state index in [2.05, 4.69) is 9.98 Å². The van der Waals surface area contributed by atoms with Crippen molar-refractivity contribution in [3.63, 3.8) is 0 Å². The molecule has 0 amide bonds. The first-order valence-electron chi connectivity index (χ1n) is 2.83. The van der Waals surface area contributed by atoms with Gasteiger partial charge in [-0.15, -0.1) is 0 Å². The predicted molar refractivity (Wildman–Crippen MR) is 34.0 cm³/mol. The van der Waals surface area contributed by atoms with Crippen LogP contribution in [0.1, 0.15) is 13.3 Å². The van der Waals surface area contributed by atoms with Crippen molar-refractivity contribution >= 4 is 12.7 Å². The second-order valence-electron chi connectivity index (χ2n) is 1.76. The molecule has 0 saturated heterocycles. The van der Waals surface area contributed by atoms with Crippen LogP contribution in [-0.2, 0) is 0 Å². The van der Waals surface area contributed by atoms with Crippen molar-refractivity contribution in [2.75, 3.05) is 0 Å². The minimum absolute atomic E-state index is 0.359. The number of nitrogens with zero attached hydrogens (tertiary/aromatic N) is 3. The molecule has 50 valence electrons. The van der Waals surface area contributed by atoms with Crippen LogP contribution in [0.2, 0.25) is 0 Å². The largest absolute Gasteiger partial charge is 0.246 e. The minimum atomic E-state index is -0.359. The van der Waals surface area contributed by atoms with Crippen molar-refractivity contribution in [1.82, 2.24) is 5.12 Å². The summed E-state index contributed by atoms with van der Waals surface area (Å²) in [6.07, 6.45) is 2.80. The van der Waals surface area contributed by atoms with E-state index in [0.717, 1.165) is 6.34 Å². The SMILES string of the molecule is CCC1N=CN=CN1F. The van der Waals surface area contributed by atoms with E-state index in [-0.39, 0.29) is 6.17 Å². The monoisotopic (exact) mass is 129 g/mol. The Balaban J connectivity index is 2.55. The fraction of sp³-hybridized carbons (Fsp3) is 0.600. The zero-order valence-corrected chi connectivity index (χ0v) is 5.16. The smallest absolute Gasteiger partial charge is 0.153 e. The Morgan fingerprint density at radius 3 is 3.00 bits per heavy atom. The van der Waals surface area contributed by atoms with Crippen LogP contribution >= 0.6 is 0 Å². The van der Waals surface area contributed by atoms with Crippen LogP contribution in [0.25, 0.3) is 0 Å². The highest BCUT2D eigenvalue weighted by Crippen LogP contribution is 2.05. The molecule has 0 spiro atoms. The van der Waals surface area contributed by atoms with Crippen LogP contribution in [0.5, 0.6) is 0 Å². The zero-order valence-electron chi connectivity index (χ0n) is 5.16. The number of rotatable bonds is 1. The third-order valence-corrected chi connectivity index (χ3v) is 1.13. The van der Waals surface area contributed by atoms with E-state index in [0.29, 0.717) is 11.5 Å². The van der Waals surface area contributed by atoms with E-state index in [1.54, 1.807) is 0 Å². The zero-order chi connectivity index (χ0) is 6.69. The molecule has 1 unspecified atom stereocenters. The van der Waals surface area contributed by atoms with E-state index < -0.39 is 0 Å². The van der Waals surface area contributed by atoms with Gasteiger partial charge in [-0.1, -0.05) is 11.4 Å². The lowest BCUT2D eigenvalue weighted by atomic mass is 10.4. The van der Waals surface area contributed by atoms with Crippen molar-refractivity contribution in [2.45, 2.75) is 19.5 Å². The number of hydrogen-bond acceptors (Lipinski definition) is 3. The van der Waals surface area contributed by atoms with Crippen molar-refractivity contribution in [3.8, 4) is 0 Å². The average Bonchev–Trinajstić information content (AvgIpc) is 1.89. The van der Waals surface area contributed by atoms with Gasteiger partial charge in [0, 0.05) is 0 Å².